The minimum absolute atomic E-state index is 0.0552. The summed E-state index contributed by atoms with van der Waals surface area (Å²) in [5.41, 5.74) is 8.60. The lowest BCUT2D eigenvalue weighted by atomic mass is 9.81. The highest BCUT2D eigenvalue weighted by Gasteiger charge is 2.34. The van der Waals surface area contributed by atoms with Crippen molar-refractivity contribution >= 4 is 11.6 Å². The summed E-state index contributed by atoms with van der Waals surface area (Å²) in [4.78, 5) is 25.3. The topological polar surface area (TPSA) is 105 Å². The third-order valence-corrected chi connectivity index (χ3v) is 5.24. The van der Waals surface area contributed by atoms with Crippen LogP contribution in [0, 0.1) is 17.1 Å². The minimum atomic E-state index is -0.907. The van der Waals surface area contributed by atoms with Crippen molar-refractivity contribution in [1.82, 2.24) is 9.97 Å². The Labute approximate surface area is 172 Å². The lowest BCUT2D eigenvalue weighted by molar-refractivity contribution is 0.0988. The number of halogens is 1. The Hall–Kier alpha value is -3.92. The van der Waals surface area contributed by atoms with E-state index < -0.39 is 11.4 Å². The molecule has 1 unspecified atom stereocenters. The lowest BCUT2D eigenvalue weighted by Gasteiger charge is -2.32. The fourth-order valence-electron chi connectivity index (χ4n) is 3.71. The van der Waals surface area contributed by atoms with Crippen LogP contribution in [0.5, 0.6) is 0 Å². The Bertz CT molecular complexity index is 1210. The maximum absolute atomic E-state index is 14.8. The summed E-state index contributed by atoms with van der Waals surface area (Å²) >= 11 is 0. The highest BCUT2D eigenvalue weighted by molar-refractivity contribution is 6.00. The summed E-state index contributed by atoms with van der Waals surface area (Å²) in [5, 5.41) is 8.85. The van der Waals surface area contributed by atoms with Crippen LogP contribution in [0.4, 0.5) is 4.39 Å². The fourth-order valence-corrected chi connectivity index (χ4v) is 3.71. The van der Waals surface area contributed by atoms with Crippen molar-refractivity contribution in [2.75, 3.05) is 0 Å². The number of nitrogens with two attached hydrogens (primary N) is 1. The van der Waals surface area contributed by atoms with Crippen molar-refractivity contribution in [2.45, 2.75) is 25.3 Å². The zero-order valence-electron chi connectivity index (χ0n) is 16.3. The molecule has 1 aliphatic rings. The van der Waals surface area contributed by atoms with Crippen LogP contribution in [0.2, 0.25) is 0 Å². The number of rotatable bonds is 4. The summed E-state index contributed by atoms with van der Waals surface area (Å²) in [7, 11) is 0. The summed E-state index contributed by atoms with van der Waals surface area (Å²) in [5.74, 6) is -0.290. The molecule has 4 rings (SSSR count). The first-order chi connectivity index (χ1) is 14.4. The Morgan fingerprint density at radius 1 is 1.27 bits per heavy atom. The number of Topliss-reactive ketones (excluding diaryl/α,β-unsaturated/α-hetero) is 1. The van der Waals surface area contributed by atoms with E-state index in [4.69, 9.17) is 11.0 Å². The molecule has 2 aromatic heterocycles. The number of carbonyl (C=O) groups is 1. The van der Waals surface area contributed by atoms with Gasteiger partial charge in [-0.1, -0.05) is 6.07 Å². The average molecular weight is 399 g/mol. The van der Waals surface area contributed by atoms with Gasteiger partial charge in [-0.05, 0) is 48.4 Å². The molecule has 30 heavy (non-hydrogen) atoms. The summed E-state index contributed by atoms with van der Waals surface area (Å²) in [6, 6.07) is 11.4. The Morgan fingerprint density at radius 3 is 2.83 bits per heavy atom. The normalized spacial score (nSPS) is 17.6. The van der Waals surface area contributed by atoms with Gasteiger partial charge in [0.05, 0.1) is 11.1 Å². The van der Waals surface area contributed by atoms with Gasteiger partial charge in [0.15, 0.2) is 5.78 Å². The molecule has 1 atom stereocenters. The molecule has 0 saturated heterocycles. The number of fused-ring (bicyclic) bond motifs is 1. The Kier molecular flexibility index (Phi) is 4.84. The minimum Gasteiger partial charge on any atom is -0.383 e. The van der Waals surface area contributed by atoms with Crippen LogP contribution in [-0.4, -0.2) is 21.6 Å². The van der Waals surface area contributed by atoms with E-state index in [1.807, 2.05) is 13.0 Å². The second kappa shape index (κ2) is 7.48. The van der Waals surface area contributed by atoms with Gasteiger partial charge in [-0.3, -0.25) is 19.8 Å². The molecule has 6 nitrogen and oxygen atoms in total. The van der Waals surface area contributed by atoms with E-state index in [0.29, 0.717) is 28.9 Å². The van der Waals surface area contributed by atoms with Crippen molar-refractivity contribution in [3.05, 3.63) is 94.3 Å². The van der Waals surface area contributed by atoms with Gasteiger partial charge in [-0.2, -0.15) is 5.26 Å². The van der Waals surface area contributed by atoms with E-state index in [1.54, 1.807) is 36.7 Å². The number of amidine groups is 1. The summed E-state index contributed by atoms with van der Waals surface area (Å²) in [6.45, 7) is 1.82. The Balaban J connectivity index is 1.65. The summed E-state index contributed by atoms with van der Waals surface area (Å²) in [6.07, 6.45) is 5.22. The zero-order chi connectivity index (χ0) is 21.3. The number of aliphatic imine (C=N–C) groups is 1. The molecule has 148 valence electrons. The van der Waals surface area contributed by atoms with E-state index >= 15 is 0 Å². The molecule has 0 spiro atoms. The molecule has 1 aromatic carbocycles. The smallest absolute Gasteiger partial charge is 0.185 e. The maximum Gasteiger partial charge on any atom is 0.185 e. The van der Waals surface area contributed by atoms with E-state index in [-0.39, 0.29) is 17.9 Å². The second-order valence-corrected chi connectivity index (χ2v) is 7.44. The van der Waals surface area contributed by atoms with Crippen molar-refractivity contribution in [3.8, 4) is 6.07 Å². The number of nitriles is 1. The predicted octanol–water partition coefficient (Wildman–Crippen LogP) is 3.09. The maximum atomic E-state index is 14.8. The van der Waals surface area contributed by atoms with Crippen molar-refractivity contribution in [2.24, 2.45) is 10.7 Å². The van der Waals surface area contributed by atoms with E-state index in [0.717, 1.165) is 11.1 Å². The Morgan fingerprint density at radius 2 is 2.10 bits per heavy atom. The van der Waals surface area contributed by atoms with Gasteiger partial charge in [0.25, 0.3) is 0 Å². The third kappa shape index (κ3) is 3.55. The molecule has 3 heterocycles. The molecule has 0 fully saturated rings. The third-order valence-electron chi connectivity index (χ3n) is 5.24. The molecule has 2 N–H and O–H groups in total. The highest BCUT2D eigenvalue weighted by atomic mass is 19.1. The van der Waals surface area contributed by atoms with Crippen LogP contribution >= 0.6 is 0 Å². The van der Waals surface area contributed by atoms with Crippen LogP contribution in [-0.2, 0) is 18.4 Å². The molecular weight excluding hydrogens is 381 g/mol. The number of hydrogen-bond acceptors (Lipinski definition) is 6. The van der Waals surface area contributed by atoms with E-state index in [1.165, 1.54) is 18.3 Å². The zero-order valence-corrected chi connectivity index (χ0v) is 16.3. The number of pyridine rings is 2. The number of ketones is 1. The molecule has 0 radical (unpaired) electrons. The number of hydrogen-bond donors (Lipinski definition) is 1. The van der Waals surface area contributed by atoms with Crippen LogP contribution < -0.4 is 5.73 Å². The molecule has 0 bridgehead atoms. The number of benzene rings is 1. The van der Waals surface area contributed by atoms with Crippen LogP contribution in [0.3, 0.4) is 0 Å². The number of nitrogens with zero attached hydrogens (tertiary/aromatic N) is 4. The van der Waals surface area contributed by atoms with Crippen LogP contribution in [0.25, 0.3) is 0 Å². The molecule has 1 aliphatic heterocycles. The predicted molar refractivity (Wildman–Crippen MR) is 109 cm³/mol. The summed E-state index contributed by atoms with van der Waals surface area (Å²) < 4.78 is 14.8. The van der Waals surface area contributed by atoms with Gasteiger partial charge in [-0.25, -0.2) is 4.39 Å². The number of aromatic nitrogens is 2. The lowest BCUT2D eigenvalue weighted by Crippen LogP contribution is -2.34. The van der Waals surface area contributed by atoms with Crippen LogP contribution in [0.1, 0.15) is 45.2 Å². The molecule has 7 heteroatoms. The average Bonchev–Trinajstić information content (AvgIpc) is 2.75. The standard InChI is InChI=1S/C23H18FN5O/c1-23(10-16-13-27-7-6-17(16)22(26)29-23)18-8-14(2-4-19(18)24)9-21(30)20-5-3-15(11-25)12-28-20/h2-8,12-13H,9-10H2,1H3,(H2,26,29). The molecular formula is C23H18FN5O. The van der Waals surface area contributed by atoms with Gasteiger partial charge >= 0.3 is 0 Å². The molecule has 0 saturated carbocycles. The van der Waals surface area contributed by atoms with Crippen molar-refractivity contribution in [1.29, 1.82) is 5.26 Å². The second-order valence-electron chi connectivity index (χ2n) is 7.44. The molecule has 0 aliphatic carbocycles. The highest BCUT2D eigenvalue weighted by Crippen LogP contribution is 2.36. The first-order valence-corrected chi connectivity index (χ1v) is 9.36. The molecule has 3 aromatic rings. The molecule has 0 amide bonds. The van der Waals surface area contributed by atoms with Gasteiger partial charge in [-0.15, -0.1) is 0 Å². The van der Waals surface area contributed by atoms with Crippen LogP contribution in [0.15, 0.2) is 60.0 Å². The van der Waals surface area contributed by atoms with Gasteiger partial charge in [0.1, 0.15) is 23.4 Å². The fraction of sp³-hybridized carbons (Fsp3) is 0.174. The van der Waals surface area contributed by atoms with Gasteiger partial charge in [0.2, 0.25) is 0 Å². The van der Waals surface area contributed by atoms with Crippen molar-refractivity contribution in [3.63, 3.8) is 0 Å². The van der Waals surface area contributed by atoms with E-state index in [9.17, 15) is 9.18 Å². The SMILES string of the molecule is CC1(c2cc(CC(=O)c3ccc(C#N)cn3)ccc2F)Cc2cnccc2C(N)=N1. The van der Waals surface area contributed by atoms with Gasteiger partial charge in [0, 0.05) is 42.6 Å². The largest absolute Gasteiger partial charge is 0.383 e. The number of carbonyl (C=O) groups excluding carboxylic acids is 1. The van der Waals surface area contributed by atoms with E-state index in [2.05, 4.69) is 15.0 Å². The quantitative estimate of drug-likeness (QED) is 0.679. The van der Waals surface area contributed by atoms with Crippen molar-refractivity contribution < 1.29 is 9.18 Å². The van der Waals surface area contributed by atoms with Gasteiger partial charge < -0.3 is 5.73 Å². The first-order valence-electron chi connectivity index (χ1n) is 9.36. The monoisotopic (exact) mass is 399 g/mol. The first kappa shape index (κ1) is 19.4.